The van der Waals surface area contributed by atoms with Gasteiger partial charge in [0.15, 0.2) is 5.69 Å². The van der Waals surface area contributed by atoms with Crippen LogP contribution in [-0.2, 0) is 0 Å². The zero-order valence-corrected chi connectivity index (χ0v) is 12.7. The summed E-state index contributed by atoms with van der Waals surface area (Å²) in [5, 5.41) is 13.1. The first-order valence-electron chi connectivity index (χ1n) is 7.62. The number of hydrogen-bond donors (Lipinski definition) is 1. The highest BCUT2D eigenvalue weighted by Crippen LogP contribution is 2.13. The highest BCUT2D eigenvalue weighted by molar-refractivity contribution is 5.92. The molecule has 23 heavy (non-hydrogen) atoms. The van der Waals surface area contributed by atoms with Gasteiger partial charge in [0.2, 0.25) is 0 Å². The van der Waals surface area contributed by atoms with Crippen LogP contribution in [0.3, 0.4) is 0 Å². The first kappa shape index (κ1) is 15.6. The second kappa shape index (κ2) is 6.89. The molecular formula is C16H19FN4O2. The Hall–Kier alpha value is -2.25. The smallest absolute Gasteiger partial charge is 0.274 e. The first-order valence-corrected chi connectivity index (χ1v) is 7.62. The molecule has 1 aromatic carbocycles. The lowest BCUT2D eigenvalue weighted by molar-refractivity contribution is 0.0609. The Morgan fingerprint density at radius 1 is 1.17 bits per heavy atom. The van der Waals surface area contributed by atoms with Crippen LogP contribution < -0.4 is 0 Å². The van der Waals surface area contributed by atoms with Gasteiger partial charge in [-0.05, 0) is 18.2 Å². The second-order valence-electron chi connectivity index (χ2n) is 5.45. The summed E-state index contributed by atoms with van der Waals surface area (Å²) < 4.78 is 15.2. The number of rotatable bonds is 4. The number of halogens is 1. The predicted molar refractivity (Wildman–Crippen MR) is 83.0 cm³/mol. The quantitative estimate of drug-likeness (QED) is 0.904. The highest BCUT2D eigenvalue weighted by Gasteiger charge is 2.23. The maximum atomic E-state index is 13.8. The molecule has 6 nitrogen and oxygen atoms in total. The Kier molecular flexibility index (Phi) is 4.68. The van der Waals surface area contributed by atoms with E-state index < -0.39 is 0 Å². The number of aliphatic hydroxyl groups is 1. The largest absolute Gasteiger partial charge is 0.395 e. The molecule has 0 spiro atoms. The van der Waals surface area contributed by atoms with Crippen molar-refractivity contribution in [3.05, 3.63) is 48.0 Å². The zero-order valence-electron chi connectivity index (χ0n) is 12.7. The number of nitrogens with zero attached hydrogens (tertiary/aromatic N) is 4. The van der Waals surface area contributed by atoms with E-state index in [9.17, 15) is 9.18 Å². The molecule has 1 amide bonds. The summed E-state index contributed by atoms with van der Waals surface area (Å²) in [6.07, 6.45) is 1.59. The molecule has 0 unspecified atom stereocenters. The number of aromatic nitrogens is 2. The summed E-state index contributed by atoms with van der Waals surface area (Å²) in [6, 6.07) is 7.92. The van der Waals surface area contributed by atoms with Crippen LogP contribution in [0.5, 0.6) is 0 Å². The number of benzene rings is 1. The molecule has 1 aliphatic heterocycles. The predicted octanol–water partition coefficient (Wildman–Crippen LogP) is 0.761. The van der Waals surface area contributed by atoms with Gasteiger partial charge >= 0.3 is 0 Å². The second-order valence-corrected chi connectivity index (χ2v) is 5.45. The summed E-state index contributed by atoms with van der Waals surface area (Å²) in [6.45, 7) is 3.43. The Bertz CT molecular complexity index is 680. The molecule has 1 saturated heterocycles. The van der Waals surface area contributed by atoms with E-state index >= 15 is 0 Å². The van der Waals surface area contributed by atoms with Crippen molar-refractivity contribution in [1.29, 1.82) is 0 Å². The molecule has 2 heterocycles. The van der Waals surface area contributed by atoms with Crippen LogP contribution in [0.25, 0.3) is 5.69 Å². The molecule has 2 aromatic rings. The molecule has 1 fully saturated rings. The lowest BCUT2D eigenvalue weighted by Crippen LogP contribution is -2.49. The van der Waals surface area contributed by atoms with E-state index in [0.29, 0.717) is 31.0 Å². The zero-order chi connectivity index (χ0) is 16.2. The Balaban J connectivity index is 1.69. The van der Waals surface area contributed by atoms with Crippen molar-refractivity contribution in [3.63, 3.8) is 0 Å². The SMILES string of the molecule is O=C(c1ccn(-c2ccccc2F)n1)N1CCN(CCO)CC1. The Morgan fingerprint density at radius 2 is 1.91 bits per heavy atom. The van der Waals surface area contributed by atoms with Gasteiger partial charge in [0.25, 0.3) is 5.91 Å². The van der Waals surface area contributed by atoms with Gasteiger partial charge in [-0.25, -0.2) is 9.07 Å². The summed E-state index contributed by atoms with van der Waals surface area (Å²) in [7, 11) is 0. The van der Waals surface area contributed by atoms with Gasteiger partial charge in [0, 0.05) is 38.9 Å². The number of hydrogen-bond acceptors (Lipinski definition) is 4. The molecule has 0 atom stereocenters. The molecule has 0 aliphatic carbocycles. The number of amides is 1. The lowest BCUT2D eigenvalue weighted by atomic mass is 10.3. The molecule has 3 rings (SSSR count). The number of β-amino-alcohol motifs (C(OH)–C–C–N with tert-alkyl or cyclic N) is 1. The maximum Gasteiger partial charge on any atom is 0.274 e. The first-order chi connectivity index (χ1) is 11.2. The van der Waals surface area contributed by atoms with E-state index in [4.69, 9.17) is 5.11 Å². The third kappa shape index (κ3) is 3.40. The standard InChI is InChI=1S/C16H19FN4O2/c17-13-3-1-2-4-15(13)21-6-5-14(18-21)16(23)20-9-7-19(8-10-20)11-12-22/h1-6,22H,7-12H2. The normalized spacial score (nSPS) is 15.8. The van der Waals surface area contributed by atoms with Crippen molar-refractivity contribution in [2.24, 2.45) is 0 Å². The molecule has 0 saturated carbocycles. The number of aliphatic hydroxyl groups excluding tert-OH is 1. The van der Waals surface area contributed by atoms with Gasteiger partial charge in [-0.15, -0.1) is 0 Å². The molecule has 0 radical (unpaired) electrons. The van der Waals surface area contributed by atoms with Gasteiger partial charge in [-0.3, -0.25) is 9.69 Å². The summed E-state index contributed by atoms with van der Waals surface area (Å²) >= 11 is 0. The Morgan fingerprint density at radius 3 is 2.61 bits per heavy atom. The van der Waals surface area contributed by atoms with E-state index in [1.54, 1.807) is 35.4 Å². The van der Waals surface area contributed by atoms with E-state index in [-0.39, 0.29) is 18.3 Å². The molecule has 1 N–H and O–H groups in total. The van der Waals surface area contributed by atoms with Crippen LogP contribution in [0, 0.1) is 5.82 Å². The topological polar surface area (TPSA) is 61.6 Å². The molecule has 0 bridgehead atoms. The van der Waals surface area contributed by atoms with Crippen LogP contribution in [-0.4, -0.2) is 69.9 Å². The number of carbonyl (C=O) groups is 1. The number of para-hydroxylation sites is 1. The third-order valence-corrected chi connectivity index (χ3v) is 3.98. The van der Waals surface area contributed by atoms with E-state index in [1.807, 2.05) is 0 Å². The van der Waals surface area contributed by atoms with Crippen molar-refractivity contribution in [2.75, 3.05) is 39.3 Å². The third-order valence-electron chi connectivity index (χ3n) is 3.98. The van der Waals surface area contributed by atoms with Crippen LogP contribution >= 0.6 is 0 Å². The van der Waals surface area contributed by atoms with Crippen LogP contribution in [0.4, 0.5) is 4.39 Å². The van der Waals surface area contributed by atoms with Crippen molar-refractivity contribution < 1.29 is 14.3 Å². The minimum absolute atomic E-state index is 0.126. The fraction of sp³-hybridized carbons (Fsp3) is 0.375. The van der Waals surface area contributed by atoms with Crippen LogP contribution in [0.1, 0.15) is 10.5 Å². The molecule has 122 valence electrons. The van der Waals surface area contributed by atoms with E-state index in [1.165, 1.54) is 10.7 Å². The highest BCUT2D eigenvalue weighted by atomic mass is 19.1. The summed E-state index contributed by atoms with van der Waals surface area (Å²) in [5.41, 5.74) is 0.628. The fourth-order valence-electron chi connectivity index (χ4n) is 2.69. The van der Waals surface area contributed by atoms with Gasteiger partial charge in [0.05, 0.1) is 6.61 Å². The average molecular weight is 318 g/mol. The molecule has 7 heteroatoms. The number of piperazine rings is 1. The van der Waals surface area contributed by atoms with Crippen molar-refractivity contribution in [2.45, 2.75) is 0 Å². The van der Waals surface area contributed by atoms with Crippen molar-refractivity contribution in [3.8, 4) is 5.69 Å². The molecular weight excluding hydrogens is 299 g/mol. The van der Waals surface area contributed by atoms with Gasteiger partial charge in [0.1, 0.15) is 11.5 Å². The van der Waals surface area contributed by atoms with Gasteiger partial charge in [-0.2, -0.15) is 5.10 Å². The van der Waals surface area contributed by atoms with E-state index in [2.05, 4.69) is 10.00 Å². The van der Waals surface area contributed by atoms with E-state index in [0.717, 1.165) is 13.1 Å². The average Bonchev–Trinajstić information content (AvgIpc) is 3.05. The lowest BCUT2D eigenvalue weighted by Gasteiger charge is -2.33. The molecule has 1 aromatic heterocycles. The monoisotopic (exact) mass is 318 g/mol. The minimum Gasteiger partial charge on any atom is -0.395 e. The minimum atomic E-state index is -0.382. The van der Waals surface area contributed by atoms with Gasteiger partial charge in [-0.1, -0.05) is 12.1 Å². The maximum absolute atomic E-state index is 13.8. The van der Waals surface area contributed by atoms with Crippen molar-refractivity contribution >= 4 is 5.91 Å². The van der Waals surface area contributed by atoms with Crippen molar-refractivity contribution in [1.82, 2.24) is 19.6 Å². The molecule has 1 aliphatic rings. The fourth-order valence-corrected chi connectivity index (χ4v) is 2.69. The number of carbonyl (C=O) groups excluding carboxylic acids is 1. The van der Waals surface area contributed by atoms with Crippen LogP contribution in [0.15, 0.2) is 36.5 Å². The van der Waals surface area contributed by atoms with Gasteiger partial charge < -0.3 is 10.0 Å². The Labute approximate surface area is 133 Å². The van der Waals surface area contributed by atoms with Crippen LogP contribution in [0.2, 0.25) is 0 Å². The summed E-state index contributed by atoms with van der Waals surface area (Å²) in [5.74, 6) is -0.532. The summed E-state index contributed by atoms with van der Waals surface area (Å²) in [4.78, 5) is 16.3.